The third kappa shape index (κ3) is 3.87. The molecule has 0 bridgehead atoms. The second-order valence-corrected chi connectivity index (χ2v) is 5.43. The summed E-state index contributed by atoms with van der Waals surface area (Å²) in [5.41, 5.74) is 0.571. The number of rotatable bonds is 2. The second-order valence-electron chi connectivity index (χ2n) is 5.10. The molecule has 2 heterocycles. The van der Waals surface area contributed by atoms with Gasteiger partial charge in [0.25, 0.3) is 0 Å². The van der Waals surface area contributed by atoms with Gasteiger partial charge >= 0.3 is 6.03 Å². The molecule has 2 amide bonds. The van der Waals surface area contributed by atoms with E-state index in [2.05, 4.69) is 20.2 Å². The molecule has 120 valence electrons. The molecule has 23 heavy (non-hydrogen) atoms. The van der Waals surface area contributed by atoms with Crippen molar-refractivity contribution in [1.82, 2.24) is 14.9 Å². The van der Waals surface area contributed by atoms with Gasteiger partial charge in [0, 0.05) is 38.1 Å². The summed E-state index contributed by atoms with van der Waals surface area (Å²) in [6, 6.07) is 7.29. The fourth-order valence-electron chi connectivity index (χ4n) is 2.38. The van der Waals surface area contributed by atoms with Crippen molar-refractivity contribution in [1.29, 1.82) is 0 Å². The first kappa shape index (κ1) is 15.5. The first-order chi connectivity index (χ1) is 11.1. The van der Waals surface area contributed by atoms with E-state index in [4.69, 9.17) is 11.6 Å². The highest BCUT2D eigenvalue weighted by Crippen LogP contribution is 2.16. The maximum atomic E-state index is 12.9. The molecule has 1 aliphatic heterocycles. The van der Waals surface area contributed by atoms with Crippen LogP contribution < -0.4 is 10.2 Å². The van der Waals surface area contributed by atoms with E-state index in [0.29, 0.717) is 31.9 Å². The highest BCUT2D eigenvalue weighted by molar-refractivity contribution is 6.28. The lowest BCUT2D eigenvalue weighted by Crippen LogP contribution is -2.50. The van der Waals surface area contributed by atoms with E-state index in [1.165, 1.54) is 24.3 Å². The Labute approximate surface area is 137 Å². The van der Waals surface area contributed by atoms with Crippen LogP contribution in [0.2, 0.25) is 5.28 Å². The van der Waals surface area contributed by atoms with Gasteiger partial charge in [-0.25, -0.2) is 19.2 Å². The topological polar surface area (TPSA) is 61.4 Å². The van der Waals surface area contributed by atoms with Crippen LogP contribution in [0.4, 0.5) is 20.7 Å². The van der Waals surface area contributed by atoms with E-state index in [9.17, 15) is 9.18 Å². The molecule has 1 N–H and O–H groups in total. The molecular weight excluding hydrogens is 321 g/mol. The number of anilines is 2. The molecule has 1 aliphatic rings. The summed E-state index contributed by atoms with van der Waals surface area (Å²) in [6.45, 7) is 2.44. The largest absolute Gasteiger partial charge is 0.353 e. The normalized spacial score (nSPS) is 14.7. The molecule has 0 unspecified atom stereocenters. The summed E-state index contributed by atoms with van der Waals surface area (Å²) in [7, 11) is 0. The Hall–Kier alpha value is -2.41. The zero-order chi connectivity index (χ0) is 16.2. The van der Waals surface area contributed by atoms with E-state index in [1.54, 1.807) is 17.2 Å². The highest BCUT2D eigenvalue weighted by atomic mass is 35.5. The summed E-state index contributed by atoms with van der Waals surface area (Å²) >= 11 is 5.79. The number of halogens is 2. The quantitative estimate of drug-likeness (QED) is 0.857. The van der Waals surface area contributed by atoms with Gasteiger partial charge in [0.05, 0.1) is 0 Å². The molecule has 1 aromatic carbocycles. The van der Waals surface area contributed by atoms with Crippen LogP contribution in [0.3, 0.4) is 0 Å². The van der Waals surface area contributed by atoms with E-state index in [-0.39, 0.29) is 17.1 Å². The summed E-state index contributed by atoms with van der Waals surface area (Å²) in [4.78, 5) is 24.0. The Bertz CT molecular complexity index is 689. The number of urea groups is 1. The standard InChI is InChI=1S/C15H15ClFN5O/c16-14-18-6-5-13(20-14)21-7-9-22(10-8-21)15(23)19-12-3-1-11(17)2-4-12/h1-6H,7-10H2,(H,19,23). The number of carbonyl (C=O) groups is 1. The van der Waals surface area contributed by atoms with Gasteiger partial charge in [0.1, 0.15) is 11.6 Å². The van der Waals surface area contributed by atoms with Crippen LogP contribution in [-0.2, 0) is 0 Å². The molecule has 0 aliphatic carbocycles. The Balaban J connectivity index is 1.56. The van der Waals surface area contributed by atoms with Crippen molar-refractivity contribution in [2.24, 2.45) is 0 Å². The Morgan fingerprint density at radius 2 is 1.83 bits per heavy atom. The van der Waals surface area contributed by atoms with Crippen molar-refractivity contribution in [3.8, 4) is 0 Å². The first-order valence-electron chi connectivity index (χ1n) is 7.17. The van der Waals surface area contributed by atoms with Gasteiger partial charge in [-0.15, -0.1) is 0 Å². The molecule has 8 heteroatoms. The minimum Gasteiger partial charge on any atom is -0.353 e. The minimum absolute atomic E-state index is 0.197. The zero-order valence-electron chi connectivity index (χ0n) is 12.2. The third-order valence-corrected chi connectivity index (χ3v) is 3.78. The second kappa shape index (κ2) is 6.78. The molecule has 3 rings (SSSR count). The smallest absolute Gasteiger partial charge is 0.321 e. The molecule has 1 saturated heterocycles. The number of piperazine rings is 1. The average Bonchev–Trinajstić information content (AvgIpc) is 2.57. The van der Waals surface area contributed by atoms with Crippen LogP contribution in [0.5, 0.6) is 0 Å². The Morgan fingerprint density at radius 3 is 2.48 bits per heavy atom. The maximum absolute atomic E-state index is 12.9. The van der Waals surface area contributed by atoms with E-state index < -0.39 is 0 Å². The molecule has 0 atom stereocenters. The van der Waals surface area contributed by atoms with Crippen molar-refractivity contribution >= 4 is 29.1 Å². The van der Waals surface area contributed by atoms with Crippen molar-refractivity contribution < 1.29 is 9.18 Å². The van der Waals surface area contributed by atoms with Crippen molar-refractivity contribution in [3.63, 3.8) is 0 Å². The number of hydrogen-bond acceptors (Lipinski definition) is 4. The van der Waals surface area contributed by atoms with Gasteiger partial charge in [0.2, 0.25) is 5.28 Å². The minimum atomic E-state index is -0.333. The Morgan fingerprint density at radius 1 is 1.13 bits per heavy atom. The van der Waals surface area contributed by atoms with Gasteiger partial charge in [-0.05, 0) is 41.9 Å². The zero-order valence-corrected chi connectivity index (χ0v) is 13.0. The van der Waals surface area contributed by atoms with Crippen molar-refractivity contribution in [2.45, 2.75) is 0 Å². The average molecular weight is 336 g/mol. The summed E-state index contributed by atoms with van der Waals surface area (Å²) in [6.07, 6.45) is 1.61. The van der Waals surface area contributed by atoms with Gasteiger partial charge in [-0.2, -0.15) is 0 Å². The molecule has 0 spiro atoms. The molecule has 6 nitrogen and oxygen atoms in total. The lowest BCUT2D eigenvalue weighted by atomic mass is 10.3. The lowest BCUT2D eigenvalue weighted by Gasteiger charge is -2.35. The number of carbonyl (C=O) groups excluding carboxylic acids is 1. The van der Waals surface area contributed by atoms with E-state index in [0.717, 1.165) is 5.82 Å². The van der Waals surface area contributed by atoms with Crippen LogP contribution in [0.1, 0.15) is 0 Å². The number of nitrogens with one attached hydrogen (secondary N) is 1. The number of amides is 2. The van der Waals surface area contributed by atoms with Crippen molar-refractivity contribution in [2.75, 3.05) is 36.4 Å². The third-order valence-electron chi connectivity index (χ3n) is 3.60. The SMILES string of the molecule is O=C(Nc1ccc(F)cc1)N1CCN(c2ccnc(Cl)n2)CC1. The van der Waals surface area contributed by atoms with Crippen LogP contribution >= 0.6 is 11.6 Å². The van der Waals surface area contributed by atoms with Gasteiger partial charge < -0.3 is 15.1 Å². The maximum Gasteiger partial charge on any atom is 0.321 e. The highest BCUT2D eigenvalue weighted by Gasteiger charge is 2.22. The summed E-state index contributed by atoms with van der Waals surface area (Å²) in [5.74, 6) is 0.420. The van der Waals surface area contributed by atoms with Gasteiger partial charge in [-0.3, -0.25) is 0 Å². The summed E-state index contributed by atoms with van der Waals surface area (Å²) in [5, 5.41) is 2.97. The van der Waals surface area contributed by atoms with E-state index >= 15 is 0 Å². The first-order valence-corrected chi connectivity index (χ1v) is 7.54. The monoisotopic (exact) mass is 335 g/mol. The van der Waals surface area contributed by atoms with Crippen LogP contribution in [0, 0.1) is 5.82 Å². The van der Waals surface area contributed by atoms with Gasteiger partial charge in [-0.1, -0.05) is 0 Å². The van der Waals surface area contributed by atoms with Crippen LogP contribution in [-0.4, -0.2) is 47.1 Å². The predicted octanol–water partition coefficient (Wildman–Crippen LogP) is 2.62. The molecule has 2 aromatic rings. The fourth-order valence-corrected chi connectivity index (χ4v) is 2.52. The van der Waals surface area contributed by atoms with Gasteiger partial charge in [0.15, 0.2) is 0 Å². The molecule has 0 radical (unpaired) electrons. The van der Waals surface area contributed by atoms with Crippen LogP contribution in [0.15, 0.2) is 36.5 Å². The number of hydrogen-bond donors (Lipinski definition) is 1. The van der Waals surface area contributed by atoms with Crippen LogP contribution in [0.25, 0.3) is 0 Å². The predicted molar refractivity (Wildman–Crippen MR) is 86.2 cm³/mol. The Kier molecular flexibility index (Phi) is 4.57. The van der Waals surface area contributed by atoms with E-state index in [1.807, 2.05) is 0 Å². The lowest BCUT2D eigenvalue weighted by molar-refractivity contribution is 0.208. The number of aromatic nitrogens is 2. The van der Waals surface area contributed by atoms with Crippen molar-refractivity contribution in [3.05, 3.63) is 47.6 Å². The molecule has 1 aromatic heterocycles. The molecule has 0 saturated carbocycles. The molecule has 1 fully saturated rings. The molecular formula is C15H15ClFN5O. The summed E-state index contributed by atoms with van der Waals surface area (Å²) < 4.78 is 12.9. The number of benzene rings is 1. The fraction of sp³-hybridized carbons (Fsp3) is 0.267. The number of nitrogens with zero attached hydrogens (tertiary/aromatic N) is 4.